The summed E-state index contributed by atoms with van der Waals surface area (Å²) in [4.78, 5) is 30.5. The Morgan fingerprint density at radius 2 is 1.81 bits per heavy atom. The zero-order valence-electron chi connectivity index (χ0n) is 18.1. The summed E-state index contributed by atoms with van der Waals surface area (Å²) >= 11 is 0. The second-order valence-corrected chi connectivity index (χ2v) is 7.76. The van der Waals surface area contributed by atoms with Gasteiger partial charge in [-0.1, -0.05) is 38.8 Å². The van der Waals surface area contributed by atoms with Crippen LogP contribution < -0.4 is 5.69 Å². The Hall–Kier alpha value is -3.29. The van der Waals surface area contributed by atoms with Crippen LogP contribution in [0.15, 0.2) is 35.3 Å². The lowest BCUT2D eigenvalue weighted by molar-refractivity contribution is 0.0697. The molecule has 0 aliphatic heterocycles. The molecule has 2 aromatic heterocycles. The summed E-state index contributed by atoms with van der Waals surface area (Å²) < 4.78 is 3.70. The number of aromatic hydroxyl groups is 1. The summed E-state index contributed by atoms with van der Waals surface area (Å²) in [6.07, 6.45) is 6.85. The van der Waals surface area contributed by atoms with Crippen molar-refractivity contribution in [3.63, 3.8) is 0 Å². The highest BCUT2D eigenvalue weighted by Crippen LogP contribution is 2.21. The summed E-state index contributed by atoms with van der Waals surface area (Å²) in [5, 5.41) is 19.5. The van der Waals surface area contributed by atoms with E-state index in [-0.39, 0.29) is 17.1 Å². The van der Waals surface area contributed by atoms with Gasteiger partial charge in [0.25, 0.3) is 0 Å². The fourth-order valence-corrected chi connectivity index (χ4v) is 3.65. The Morgan fingerprint density at radius 1 is 1.10 bits per heavy atom. The first-order valence-corrected chi connectivity index (χ1v) is 10.8. The first kappa shape index (κ1) is 22.4. The second-order valence-electron chi connectivity index (χ2n) is 7.76. The predicted octanol–water partition coefficient (Wildman–Crippen LogP) is 3.56. The van der Waals surface area contributed by atoms with Crippen molar-refractivity contribution in [2.45, 2.75) is 65.5 Å². The van der Waals surface area contributed by atoms with Gasteiger partial charge in [-0.2, -0.15) is 0 Å². The number of nitrogens with one attached hydrogen (secondary N) is 1. The van der Waals surface area contributed by atoms with Crippen LogP contribution >= 0.6 is 0 Å². The standard InChI is InChI=1S/C23H30N4O4/c1-3-5-7-20-24-14-18(13-19-21(28)25-23(31)26(19)12-6-4-2)27(20)15-16-8-10-17(11-9-16)22(29)30/h8-11,14,28H,3-7,12-13,15H2,1-2H3,(H,25,31)(H,29,30). The number of hydrogen-bond acceptors (Lipinski definition) is 4. The van der Waals surface area contributed by atoms with Gasteiger partial charge in [0.15, 0.2) is 0 Å². The van der Waals surface area contributed by atoms with Crippen molar-refractivity contribution in [1.82, 2.24) is 19.1 Å². The zero-order valence-corrected chi connectivity index (χ0v) is 18.1. The fourth-order valence-electron chi connectivity index (χ4n) is 3.65. The van der Waals surface area contributed by atoms with Crippen LogP contribution in [-0.2, 0) is 25.9 Å². The highest BCUT2D eigenvalue weighted by molar-refractivity contribution is 5.87. The van der Waals surface area contributed by atoms with E-state index in [0.29, 0.717) is 25.2 Å². The molecule has 0 saturated carbocycles. The number of aryl methyl sites for hydroxylation is 1. The monoisotopic (exact) mass is 426 g/mol. The molecule has 0 unspecified atom stereocenters. The number of imidazole rings is 2. The molecule has 8 heteroatoms. The van der Waals surface area contributed by atoms with Crippen LogP contribution in [0.1, 0.15) is 72.7 Å². The lowest BCUT2D eigenvalue weighted by Crippen LogP contribution is -2.20. The molecule has 0 aliphatic rings. The van der Waals surface area contributed by atoms with E-state index in [9.17, 15) is 14.7 Å². The maximum absolute atomic E-state index is 12.2. The van der Waals surface area contributed by atoms with E-state index in [4.69, 9.17) is 5.11 Å². The third kappa shape index (κ3) is 5.25. The van der Waals surface area contributed by atoms with E-state index >= 15 is 0 Å². The molecule has 3 aromatic rings. The van der Waals surface area contributed by atoms with E-state index in [1.807, 2.05) is 12.1 Å². The first-order chi connectivity index (χ1) is 14.9. The Labute approximate surface area is 181 Å². The van der Waals surface area contributed by atoms with E-state index in [1.54, 1.807) is 22.9 Å². The molecule has 166 valence electrons. The van der Waals surface area contributed by atoms with Gasteiger partial charge in [0.2, 0.25) is 5.88 Å². The molecule has 0 fully saturated rings. The number of benzene rings is 1. The Bertz CT molecular complexity index is 1080. The van der Waals surface area contributed by atoms with E-state index in [1.165, 1.54) is 0 Å². The quantitative estimate of drug-likeness (QED) is 0.434. The highest BCUT2D eigenvalue weighted by atomic mass is 16.4. The van der Waals surface area contributed by atoms with Crippen molar-refractivity contribution in [2.75, 3.05) is 0 Å². The van der Waals surface area contributed by atoms with Crippen LogP contribution in [0.3, 0.4) is 0 Å². The Morgan fingerprint density at radius 3 is 2.45 bits per heavy atom. The molecule has 0 atom stereocenters. The minimum absolute atomic E-state index is 0.102. The number of aromatic carboxylic acids is 1. The molecule has 31 heavy (non-hydrogen) atoms. The van der Waals surface area contributed by atoms with Crippen LogP contribution in [0.5, 0.6) is 5.88 Å². The SMILES string of the molecule is CCCCc1ncc(Cc2c(O)[nH]c(=O)n2CCCC)n1Cc1ccc(C(=O)O)cc1. The van der Waals surface area contributed by atoms with Crippen molar-refractivity contribution in [2.24, 2.45) is 0 Å². The average molecular weight is 427 g/mol. The summed E-state index contributed by atoms with van der Waals surface area (Å²) in [5.74, 6) is -0.113. The summed E-state index contributed by atoms with van der Waals surface area (Å²) in [5.41, 5.74) is 2.36. The van der Waals surface area contributed by atoms with Gasteiger partial charge in [-0.25, -0.2) is 14.6 Å². The number of carboxylic acid groups (broad SMARTS) is 1. The topological polar surface area (TPSA) is 113 Å². The summed E-state index contributed by atoms with van der Waals surface area (Å²) in [7, 11) is 0. The lowest BCUT2D eigenvalue weighted by Gasteiger charge is -2.14. The van der Waals surface area contributed by atoms with Gasteiger partial charge in [0.05, 0.1) is 11.3 Å². The van der Waals surface area contributed by atoms with Gasteiger partial charge in [-0.15, -0.1) is 0 Å². The smallest absolute Gasteiger partial charge is 0.335 e. The molecule has 3 rings (SSSR count). The van der Waals surface area contributed by atoms with E-state index in [2.05, 4.69) is 28.4 Å². The minimum atomic E-state index is -0.952. The van der Waals surface area contributed by atoms with Gasteiger partial charge < -0.3 is 14.8 Å². The van der Waals surface area contributed by atoms with Gasteiger partial charge in [0, 0.05) is 37.8 Å². The van der Waals surface area contributed by atoms with Gasteiger partial charge >= 0.3 is 11.7 Å². The largest absolute Gasteiger partial charge is 0.493 e. The number of nitrogens with zero attached hydrogens (tertiary/aromatic N) is 3. The van der Waals surface area contributed by atoms with Gasteiger partial charge in [-0.05, 0) is 30.5 Å². The Balaban J connectivity index is 1.93. The maximum Gasteiger partial charge on any atom is 0.335 e. The number of carboxylic acids is 1. The number of H-pyrrole nitrogens is 1. The number of aromatic amines is 1. The molecule has 0 bridgehead atoms. The first-order valence-electron chi connectivity index (χ1n) is 10.8. The van der Waals surface area contributed by atoms with E-state index in [0.717, 1.165) is 49.2 Å². The van der Waals surface area contributed by atoms with Crippen LogP contribution in [0.4, 0.5) is 0 Å². The van der Waals surface area contributed by atoms with Crippen molar-refractivity contribution in [1.29, 1.82) is 0 Å². The molecule has 0 amide bonds. The third-order valence-corrected chi connectivity index (χ3v) is 5.47. The molecule has 0 radical (unpaired) electrons. The van der Waals surface area contributed by atoms with Crippen LogP contribution in [0, 0.1) is 0 Å². The van der Waals surface area contributed by atoms with Crippen molar-refractivity contribution in [3.8, 4) is 5.88 Å². The molecule has 8 nitrogen and oxygen atoms in total. The lowest BCUT2D eigenvalue weighted by atomic mass is 10.1. The molecule has 3 N–H and O–H groups in total. The maximum atomic E-state index is 12.2. The molecule has 0 spiro atoms. The van der Waals surface area contributed by atoms with Gasteiger partial charge in [0.1, 0.15) is 5.82 Å². The molecular weight excluding hydrogens is 396 g/mol. The summed E-state index contributed by atoms with van der Waals surface area (Å²) in [6.45, 7) is 5.28. The number of carbonyl (C=O) groups is 1. The second kappa shape index (κ2) is 10.1. The summed E-state index contributed by atoms with van der Waals surface area (Å²) in [6, 6.07) is 6.81. The molecule has 0 saturated heterocycles. The highest BCUT2D eigenvalue weighted by Gasteiger charge is 2.18. The van der Waals surface area contributed by atoms with Crippen LogP contribution in [0.2, 0.25) is 0 Å². The normalized spacial score (nSPS) is 11.2. The fraction of sp³-hybridized carbons (Fsp3) is 0.435. The molecule has 1 aromatic carbocycles. The third-order valence-electron chi connectivity index (χ3n) is 5.47. The average Bonchev–Trinajstić information content (AvgIpc) is 3.25. The van der Waals surface area contributed by atoms with Crippen LogP contribution in [-0.4, -0.2) is 35.3 Å². The zero-order chi connectivity index (χ0) is 22.4. The van der Waals surface area contributed by atoms with Gasteiger partial charge in [-0.3, -0.25) is 9.55 Å². The molecule has 0 aliphatic carbocycles. The number of hydrogen-bond donors (Lipinski definition) is 3. The minimum Gasteiger partial charge on any atom is -0.493 e. The molecule has 2 heterocycles. The van der Waals surface area contributed by atoms with E-state index < -0.39 is 5.97 Å². The van der Waals surface area contributed by atoms with Crippen molar-refractivity contribution in [3.05, 3.63) is 69.3 Å². The Kier molecular flexibility index (Phi) is 7.33. The van der Waals surface area contributed by atoms with Crippen molar-refractivity contribution < 1.29 is 15.0 Å². The predicted molar refractivity (Wildman–Crippen MR) is 118 cm³/mol. The molecular formula is C23H30N4O4. The number of rotatable bonds is 11. The van der Waals surface area contributed by atoms with Crippen LogP contribution in [0.25, 0.3) is 0 Å². The number of unbranched alkanes of at least 4 members (excludes halogenated alkanes) is 2. The number of aromatic nitrogens is 4. The van der Waals surface area contributed by atoms with Crippen molar-refractivity contribution >= 4 is 5.97 Å².